The highest BCUT2D eigenvalue weighted by Gasteiger charge is 2.16. The van der Waals surface area contributed by atoms with Crippen molar-refractivity contribution in [2.45, 2.75) is 0 Å². The van der Waals surface area contributed by atoms with Gasteiger partial charge in [0.2, 0.25) is 5.91 Å². The van der Waals surface area contributed by atoms with E-state index in [0.717, 1.165) is 6.54 Å². The molecule has 0 saturated heterocycles. The number of hydrogen-bond acceptors (Lipinski definition) is 5. The molecule has 98 valence electrons. The summed E-state index contributed by atoms with van der Waals surface area (Å²) in [4.78, 5) is 23.3. The largest absolute Gasteiger partial charge is 0.378 e. The van der Waals surface area contributed by atoms with E-state index in [1.807, 2.05) is 19.0 Å². The summed E-state index contributed by atoms with van der Waals surface area (Å²) in [5.74, 6) is -0.682. The van der Waals surface area contributed by atoms with E-state index in [0.29, 0.717) is 12.2 Å². The minimum atomic E-state index is -0.682. The Hall–Kier alpha value is -2.15. The van der Waals surface area contributed by atoms with E-state index < -0.39 is 10.8 Å². The molecule has 1 rings (SSSR count). The summed E-state index contributed by atoms with van der Waals surface area (Å²) < 4.78 is 0. The van der Waals surface area contributed by atoms with E-state index in [2.05, 4.69) is 5.32 Å². The first-order valence-corrected chi connectivity index (χ1v) is 5.38. The molecule has 7 nitrogen and oxygen atoms in total. The topological polar surface area (TPSA) is 102 Å². The fourth-order valence-electron chi connectivity index (χ4n) is 1.40. The molecule has 1 aromatic rings. The van der Waals surface area contributed by atoms with Crippen LogP contribution < -0.4 is 11.1 Å². The van der Waals surface area contributed by atoms with Crippen LogP contribution >= 0.6 is 0 Å². The molecule has 0 bridgehead atoms. The normalized spacial score (nSPS) is 10.4. The molecule has 0 saturated carbocycles. The number of nitrogens with one attached hydrogen (secondary N) is 1. The van der Waals surface area contributed by atoms with Crippen LogP contribution in [-0.4, -0.2) is 42.9 Å². The molecule has 0 aliphatic carbocycles. The van der Waals surface area contributed by atoms with E-state index in [1.165, 1.54) is 18.2 Å². The maximum absolute atomic E-state index is 11.0. The van der Waals surface area contributed by atoms with Crippen molar-refractivity contribution < 1.29 is 9.72 Å². The Morgan fingerprint density at radius 2 is 2.17 bits per heavy atom. The molecule has 18 heavy (non-hydrogen) atoms. The van der Waals surface area contributed by atoms with Gasteiger partial charge in [0.25, 0.3) is 5.69 Å². The lowest BCUT2D eigenvalue weighted by molar-refractivity contribution is -0.384. The lowest BCUT2D eigenvalue weighted by Crippen LogP contribution is -2.21. The van der Waals surface area contributed by atoms with Gasteiger partial charge >= 0.3 is 0 Å². The number of benzene rings is 1. The van der Waals surface area contributed by atoms with Crippen LogP contribution in [0, 0.1) is 10.1 Å². The standard InChI is InChI=1S/C11H16N4O3/c1-14(2)6-5-13-9-4-3-8(11(12)16)7-10(9)15(17)18/h3-4,7,13H,5-6H2,1-2H3,(H2,12,16). The first-order valence-electron chi connectivity index (χ1n) is 5.38. The molecule has 0 aliphatic rings. The second kappa shape index (κ2) is 5.97. The van der Waals surface area contributed by atoms with Gasteiger partial charge in [-0.1, -0.05) is 0 Å². The van der Waals surface area contributed by atoms with Crippen LogP contribution in [0.25, 0.3) is 0 Å². The lowest BCUT2D eigenvalue weighted by atomic mass is 10.1. The van der Waals surface area contributed by atoms with Crippen molar-refractivity contribution in [2.75, 3.05) is 32.5 Å². The first-order chi connectivity index (χ1) is 8.41. The second-order valence-corrected chi connectivity index (χ2v) is 4.08. The van der Waals surface area contributed by atoms with Crippen LogP contribution in [0.3, 0.4) is 0 Å². The number of hydrogen-bond donors (Lipinski definition) is 2. The number of carbonyl (C=O) groups is 1. The van der Waals surface area contributed by atoms with Crippen LogP contribution in [-0.2, 0) is 0 Å². The van der Waals surface area contributed by atoms with Crippen LogP contribution in [0.2, 0.25) is 0 Å². The number of amides is 1. The molecule has 0 fully saturated rings. The summed E-state index contributed by atoms with van der Waals surface area (Å²) in [5, 5.41) is 13.9. The van der Waals surface area contributed by atoms with Crippen molar-refractivity contribution in [1.29, 1.82) is 0 Å². The highest BCUT2D eigenvalue weighted by atomic mass is 16.6. The summed E-state index contributed by atoms with van der Waals surface area (Å²) in [6.07, 6.45) is 0. The predicted molar refractivity (Wildman–Crippen MR) is 68.7 cm³/mol. The maximum atomic E-state index is 11.0. The third-order valence-corrected chi connectivity index (χ3v) is 2.35. The minimum Gasteiger partial charge on any atom is -0.378 e. The van der Waals surface area contributed by atoms with Crippen molar-refractivity contribution in [3.8, 4) is 0 Å². The second-order valence-electron chi connectivity index (χ2n) is 4.08. The van der Waals surface area contributed by atoms with Crippen molar-refractivity contribution in [3.05, 3.63) is 33.9 Å². The number of nitro benzene ring substituents is 1. The number of rotatable bonds is 6. The average molecular weight is 252 g/mol. The SMILES string of the molecule is CN(C)CCNc1ccc(C(N)=O)cc1[N+](=O)[O-]. The Bertz CT molecular complexity index is 460. The van der Waals surface area contributed by atoms with Crippen molar-refractivity contribution in [2.24, 2.45) is 5.73 Å². The van der Waals surface area contributed by atoms with Gasteiger partial charge in [0.05, 0.1) is 4.92 Å². The molecule has 0 spiro atoms. The minimum absolute atomic E-state index is 0.125. The van der Waals surface area contributed by atoms with E-state index in [-0.39, 0.29) is 11.3 Å². The van der Waals surface area contributed by atoms with Gasteiger partial charge in [0.1, 0.15) is 5.69 Å². The molecular formula is C11H16N4O3. The summed E-state index contributed by atoms with van der Waals surface area (Å²) in [5.41, 5.74) is 5.44. The van der Waals surface area contributed by atoms with Crippen molar-refractivity contribution in [3.63, 3.8) is 0 Å². The van der Waals surface area contributed by atoms with E-state index in [4.69, 9.17) is 5.73 Å². The first kappa shape index (κ1) is 13.9. The number of anilines is 1. The molecule has 0 aromatic heterocycles. The monoisotopic (exact) mass is 252 g/mol. The molecule has 0 radical (unpaired) electrons. The molecular weight excluding hydrogens is 236 g/mol. The number of nitrogens with zero attached hydrogens (tertiary/aromatic N) is 2. The Balaban J connectivity index is 2.90. The number of primary amides is 1. The summed E-state index contributed by atoms with van der Waals surface area (Å²) in [6.45, 7) is 1.32. The zero-order chi connectivity index (χ0) is 13.7. The predicted octanol–water partition coefficient (Wildman–Crippen LogP) is 0.667. The quantitative estimate of drug-likeness (QED) is 0.572. The molecule has 1 amide bonds. The highest BCUT2D eigenvalue weighted by molar-refractivity contribution is 5.94. The maximum Gasteiger partial charge on any atom is 0.293 e. The zero-order valence-electron chi connectivity index (χ0n) is 10.3. The van der Waals surface area contributed by atoms with Gasteiger partial charge in [-0.3, -0.25) is 14.9 Å². The summed E-state index contributed by atoms with van der Waals surface area (Å²) >= 11 is 0. The van der Waals surface area contributed by atoms with Crippen molar-refractivity contribution >= 4 is 17.3 Å². The van der Waals surface area contributed by atoms with Gasteiger partial charge in [-0.25, -0.2) is 0 Å². The fraction of sp³-hybridized carbons (Fsp3) is 0.364. The molecule has 0 aliphatic heterocycles. The van der Waals surface area contributed by atoms with Crippen LogP contribution in [0.5, 0.6) is 0 Å². The molecule has 1 aromatic carbocycles. The van der Waals surface area contributed by atoms with Crippen LogP contribution in [0.15, 0.2) is 18.2 Å². The Kier molecular flexibility index (Phi) is 4.61. The Labute approximate surface area is 105 Å². The molecule has 7 heteroatoms. The third kappa shape index (κ3) is 3.70. The lowest BCUT2D eigenvalue weighted by Gasteiger charge is -2.11. The Morgan fingerprint density at radius 1 is 1.50 bits per heavy atom. The van der Waals surface area contributed by atoms with Gasteiger partial charge in [0.15, 0.2) is 0 Å². The third-order valence-electron chi connectivity index (χ3n) is 2.35. The van der Waals surface area contributed by atoms with Gasteiger partial charge in [0, 0.05) is 24.7 Å². The van der Waals surface area contributed by atoms with Crippen molar-refractivity contribution in [1.82, 2.24) is 4.90 Å². The molecule has 0 unspecified atom stereocenters. The molecule has 0 heterocycles. The van der Waals surface area contributed by atoms with E-state index in [1.54, 1.807) is 0 Å². The van der Waals surface area contributed by atoms with E-state index >= 15 is 0 Å². The zero-order valence-corrected chi connectivity index (χ0v) is 10.3. The summed E-state index contributed by atoms with van der Waals surface area (Å²) in [6, 6.07) is 4.14. The summed E-state index contributed by atoms with van der Waals surface area (Å²) in [7, 11) is 3.82. The van der Waals surface area contributed by atoms with Gasteiger partial charge in [-0.2, -0.15) is 0 Å². The molecule has 0 atom stereocenters. The number of nitro groups is 1. The number of likely N-dealkylation sites (N-methyl/N-ethyl adjacent to an activating group) is 1. The Morgan fingerprint density at radius 3 is 2.67 bits per heavy atom. The number of carbonyl (C=O) groups excluding carboxylic acids is 1. The smallest absolute Gasteiger partial charge is 0.293 e. The number of nitrogens with two attached hydrogens (primary N) is 1. The van der Waals surface area contributed by atoms with Crippen LogP contribution in [0.4, 0.5) is 11.4 Å². The average Bonchev–Trinajstić information content (AvgIpc) is 2.28. The van der Waals surface area contributed by atoms with Gasteiger partial charge < -0.3 is 16.0 Å². The highest BCUT2D eigenvalue weighted by Crippen LogP contribution is 2.25. The van der Waals surface area contributed by atoms with Crippen LogP contribution in [0.1, 0.15) is 10.4 Å². The van der Waals surface area contributed by atoms with Gasteiger partial charge in [-0.15, -0.1) is 0 Å². The molecule has 3 N–H and O–H groups in total. The fourth-order valence-corrected chi connectivity index (χ4v) is 1.40. The van der Waals surface area contributed by atoms with E-state index in [9.17, 15) is 14.9 Å². The van der Waals surface area contributed by atoms with Gasteiger partial charge in [-0.05, 0) is 26.2 Å².